The first-order valence-electron chi connectivity index (χ1n) is 5.95. The Morgan fingerprint density at radius 1 is 1.47 bits per heavy atom. The Morgan fingerprint density at radius 2 is 2.11 bits per heavy atom. The van der Waals surface area contributed by atoms with Crippen LogP contribution in [0.4, 0.5) is 10.1 Å². The summed E-state index contributed by atoms with van der Waals surface area (Å²) in [5.74, 6) is -0.602. The second kappa shape index (κ2) is 5.85. The van der Waals surface area contributed by atoms with Crippen molar-refractivity contribution in [2.75, 3.05) is 12.3 Å². The predicted molar refractivity (Wildman–Crippen MR) is 71.5 cm³/mol. The van der Waals surface area contributed by atoms with Gasteiger partial charge in [-0.25, -0.2) is 17.5 Å². The van der Waals surface area contributed by atoms with Crippen LogP contribution in [0.2, 0.25) is 0 Å². The van der Waals surface area contributed by atoms with E-state index in [0.717, 1.165) is 24.6 Å². The normalized spacial score (nSPS) is 15.2. The number of halogens is 1. The van der Waals surface area contributed by atoms with Crippen LogP contribution in [0.1, 0.15) is 26.7 Å². The van der Waals surface area contributed by atoms with Gasteiger partial charge in [0.15, 0.2) is 0 Å². The molecule has 0 amide bonds. The summed E-state index contributed by atoms with van der Waals surface area (Å²) in [7, 11) is -3.86. The standard InChI is InChI=1S/C12H19FN2O3S/c1-3-6-12(2,16)8-15-19(17,18)11-5-4-9(13)7-10(11)14/h4-5,7,15-16H,3,6,8,14H2,1-2H3. The number of aliphatic hydroxyl groups is 1. The largest absolute Gasteiger partial charge is 0.398 e. The van der Waals surface area contributed by atoms with Crippen LogP contribution in [-0.2, 0) is 10.0 Å². The van der Waals surface area contributed by atoms with Gasteiger partial charge in [-0.3, -0.25) is 0 Å². The minimum atomic E-state index is -3.86. The van der Waals surface area contributed by atoms with Gasteiger partial charge in [-0.05, 0) is 31.5 Å². The van der Waals surface area contributed by atoms with Gasteiger partial charge >= 0.3 is 0 Å². The summed E-state index contributed by atoms with van der Waals surface area (Å²) >= 11 is 0. The zero-order valence-electron chi connectivity index (χ0n) is 11.0. The number of nitrogen functional groups attached to an aromatic ring is 1. The van der Waals surface area contributed by atoms with Crippen molar-refractivity contribution in [3.63, 3.8) is 0 Å². The first-order chi connectivity index (χ1) is 8.68. The van der Waals surface area contributed by atoms with Crippen LogP contribution in [0.3, 0.4) is 0 Å². The van der Waals surface area contributed by atoms with Crippen molar-refractivity contribution in [1.82, 2.24) is 4.72 Å². The Labute approximate surface area is 112 Å². The number of hydrogen-bond donors (Lipinski definition) is 3. The molecule has 0 radical (unpaired) electrons. The van der Waals surface area contributed by atoms with Crippen LogP contribution in [0, 0.1) is 5.82 Å². The van der Waals surface area contributed by atoms with Gasteiger partial charge in [0.05, 0.1) is 11.3 Å². The molecule has 1 unspecified atom stereocenters. The molecule has 0 spiro atoms. The van der Waals surface area contributed by atoms with E-state index < -0.39 is 21.4 Å². The maximum atomic E-state index is 12.9. The summed E-state index contributed by atoms with van der Waals surface area (Å²) in [6.07, 6.45) is 1.20. The minimum absolute atomic E-state index is 0.125. The van der Waals surface area contributed by atoms with Gasteiger partial charge < -0.3 is 10.8 Å². The highest BCUT2D eigenvalue weighted by molar-refractivity contribution is 7.89. The summed E-state index contributed by atoms with van der Waals surface area (Å²) in [5, 5.41) is 9.92. The Hall–Kier alpha value is -1.18. The van der Waals surface area contributed by atoms with Gasteiger partial charge in [0, 0.05) is 6.54 Å². The van der Waals surface area contributed by atoms with Gasteiger partial charge in [0.1, 0.15) is 10.7 Å². The lowest BCUT2D eigenvalue weighted by atomic mass is 10.0. The van der Waals surface area contributed by atoms with Crippen molar-refractivity contribution in [3.05, 3.63) is 24.0 Å². The average molecular weight is 290 g/mol. The van der Waals surface area contributed by atoms with Crippen LogP contribution in [0.15, 0.2) is 23.1 Å². The molecule has 0 aliphatic rings. The molecule has 7 heteroatoms. The molecule has 1 atom stereocenters. The molecule has 0 heterocycles. The van der Waals surface area contributed by atoms with Crippen molar-refractivity contribution < 1.29 is 17.9 Å². The maximum absolute atomic E-state index is 12.9. The molecular weight excluding hydrogens is 271 g/mol. The Balaban J connectivity index is 2.87. The van der Waals surface area contributed by atoms with Crippen LogP contribution < -0.4 is 10.5 Å². The Morgan fingerprint density at radius 3 is 2.63 bits per heavy atom. The zero-order chi connectivity index (χ0) is 14.7. The van der Waals surface area contributed by atoms with E-state index in [-0.39, 0.29) is 17.1 Å². The summed E-state index contributed by atoms with van der Waals surface area (Å²) in [6, 6.07) is 3.06. The van der Waals surface area contributed by atoms with E-state index in [4.69, 9.17) is 5.73 Å². The maximum Gasteiger partial charge on any atom is 0.242 e. The third kappa shape index (κ3) is 4.45. The number of benzene rings is 1. The van der Waals surface area contributed by atoms with Crippen LogP contribution in [0.5, 0.6) is 0 Å². The fourth-order valence-electron chi connectivity index (χ4n) is 1.72. The molecule has 1 aromatic carbocycles. The molecule has 0 aromatic heterocycles. The lowest BCUT2D eigenvalue weighted by Crippen LogP contribution is -2.40. The molecule has 19 heavy (non-hydrogen) atoms. The fraction of sp³-hybridized carbons (Fsp3) is 0.500. The lowest BCUT2D eigenvalue weighted by Gasteiger charge is -2.23. The first-order valence-corrected chi connectivity index (χ1v) is 7.43. The monoisotopic (exact) mass is 290 g/mol. The van der Waals surface area contributed by atoms with Crippen molar-refractivity contribution in [1.29, 1.82) is 0 Å². The van der Waals surface area contributed by atoms with Crippen LogP contribution in [0.25, 0.3) is 0 Å². The predicted octanol–water partition coefficient (Wildman–Crippen LogP) is 1.24. The van der Waals surface area contributed by atoms with E-state index in [2.05, 4.69) is 4.72 Å². The van der Waals surface area contributed by atoms with Gasteiger partial charge in [-0.1, -0.05) is 13.3 Å². The second-order valence-corrected chi connectivity index (χ2v) is 6.49. The number of hydrogen-bond acceptors (Lipinski definition) is 4. The Bertz CT molecular complexity index is 544. The molecule has 5 nitrogen and oxygen atoms in total. The van der Waals surface area contributed by atoms with Crippen LogP contribution >= 0.6 is 0 Å². The zero-order valence-corrected chi connectivity index (χ0v) is 11.8. The second-order valence-electron chi connectivity index (χ2n) is 4.75. The molecule has 1 rings (SSSR count). The van der Waals surface area contributed by atoms with Crippen molar-refractivity contribution in [2.45, 2.75) is 37.2 Å². The molecule has 0 fully saturated rings. The number of rotatable bonds is 6. The first kappa shape index (κ1) is 15.9. The van der Waals surface area contributed by atoms with E-state index >= 15 is 0 Å². The molecule has 0 aliphatic heterocycles. The molecule has 0 saturated carbocycles. The molecule has 0 bridgehead atoms. The van der Waals surface area contributed by atoms with E-state index in [1.807, 2.05) is 6.92 Å². The molecular formula is C12H19FN2O3S. The SMILES string of the molecule is CCCC(C)(O)CNS(=O)(=O)c1ccc(F)cc1N. The third-order valence-electron chi connectivity index (χ3n) is 2.69. The van der Waals surface area contributed by atoms with E-state index in [1.54, 1.807) is 6.92 Å². The highest BCUT2D eigenvalue weighted by Crippen LogP contribution is 2.20. The van der Waals surface area contributed by atoms with Crippen molar-refractivity contribution >= 4 is 15.7 Å². The molecule has 108 valence electrons. The Kier molecular flexibility index (Phi) is 4.89. The smallest absolute Gasteiger partial charge is 0.242 e. The van der Waals surface area contributed by atoms with E-state index in [0.29, 0.717) is 6.42 Å². The van der Waals surface area contributed by atoms with Crippen LogP contribution in [-0.4, -0.2) is 25.7 Å². The molecule has 0 saturated heterocycles. The average Bonchev–Trinajstić information content (AvgIpc) is 2.26. The van der Waals surface area contributed by atoms with E-state index in [9.17, 15) is 17.9 Å². The summed E-state index contributed by atoms with van der Waals surface area (Å²) in [5.41, 5.74) is 4.19. The van der Waals surface area contributed by atoms with Gasteiger partial charge in [-0.2, -0.15) is 0 Å². The molecule has 1 aromatic rings. The van der Waals surface area contributed by atoms with Gasteiger partial charge in [0.25, 0.3) is 0 Å². The highest BCUT2D eigenvalue weighted by atomic mass is 32.2. The van der Waals surface area contributed by atoms with Crippen molar-refractivity contribution in [2.24, 2.45) is 0 Å². The van der Waals surface area contributed by atoms with Crippen molar-refractivity contribution in [3.8, 4) is 0 Å². The number of anilines is 1. The topological polar surface area (TPSA) is 92.4 Å². The molecule has 4 N–H and O–H groups in total. The highest BCUT2D eigenvalue weighted by Gasteiger charge is 2.24. The van der Waals surface area contributed by atoms with E-state index in [1.165, 1.54) is 0 Å². The molecule has 0 aliphatic carbocycles. The van der Waals surface area contributed by atoms with Gasteiger partial charge in [0.2, 0.25) is 10.0 Å². The number of sulfonamides is 1. The number of nitrogens with two attached hydrogens (primary N) is 1. The minimum Gasteiger partial charge on any atom is -0.398 e. The quantitative estimate of drug-likeness (QED) is 0.687. The number of nitrogens with one attached hydrogen (secondary N) is 1. The van der Waals surface area contributed by atoms with Gasteiger partial charge in [-0.15, -0.1) is 0 Å². The summed E-state index contributed by atoms with van der Waals surface area (Å²) in [4.78, 5) is -0.193. The summed E-state index contributed by atoms with van der Waals surface area (Å²) < 4.78 is 39.1. The summed E-state index contributed by atoms with van der Waals surface area (Å²) in [6.45, 7) is 3.31. The lowest BCUT2D eigenvalue weighted by molar-refractivity contribution is 0.0554. The third-order valence-corrected chi connectivity index (χ3v) is 4.17. The fourth-order valence-corrected chi connectivity index (χ4v) is 2.99.